The van der Waals surface area contributed by atoms with E-state index in [-0.39, 0.29) is 17.7 Å². The van der Waals surface area contributed by atoms with Crippen LogP contribution in [0.1, 0.15) is 67.6 Å². The Labute approximate surface area is 129 Å². The molecule has 1 aliphatic heterocycles. The Kier molecular flexibility index (Phi) is 3.92. The first-order chi connectivity index (χ1) is 10.6. The van der Waals surface area contributed by atoms with Crippen LogP contribution in [-0.4, -0.2) is 27.5 Å². The van der Waals surface area contributed by atoms with E-state index in [1.807, 2.05) is 26.0 Å². The van der Waals surface area contributed by atoms with Gasteiger partial charge in [-0.2, -0.15) is 4.98 Å². The Bertz CT molecular complexity index is 663. The number of hydrogen-bond acceptors (Lipinski definition) is 6. The molecule has 116 valence electrons. The molecular formula is C16H20N4O2. The highest BCUT2D eigenvalue weighted by Crippen LogP contribution is 2.34. The zero-order chi connectivity index (χ0) is 15.7. The Morgan fingerprint density at radius 1 is 1.41 bits per heavy atom. The van der Waals surface area contributed by atoms with Gasteiger partial charge >= 0.3 is 0 Å². The molecule has 0 aromatic carbocycles. The van der Waals surface area contributed by atoms with Gasteiger partial charge in [0.25, 0.3) is 0 Å². The third-order valence-electron chi connectivity index (χ3n) is 3.95. The van der Waals surface area contributed by atoms with Gasteiger partial charge in [0.15, 0.2) is 11.6 Å². The van der Waals surface area contributed by atoms with Gasteiger partial charge in [-0.15, -0.1) is 0 Å². The highest BCUT2D eigenvalue weighted by Gasteiger charge is 2.31. The fourth-order valence-corrected chi connectivity index (χ4v) is 2.69. The van der Waals surface area contributed by atoms with Gasteiger partial charge in [-0.05, 0) is 31.9 Å². The predicted octanol–water partition coefficient (Wildman–Crippen LogP) is 3.13. The van der Waals surface area contributed by atoms with Crippen LogP contribution in [0.3, 0.4) is 0 Å². The quantitative estimate of drug-likeness (QED) is 0.808. The van der Waals surface area contributed by atoms with Crippen molar-refractivity contribution in [3.63, 3.8) is 0 Å². The normalized spacial score (nSPS) is 18.2. The van der Waals surface area contributed by atoms with Gasteiger partial charge in [0.2, 0.25) is 5.89 Å². The lowest BCUT2D eigenvalue weighted by Crippen LogP contribution is -2.24. The minimum atomic E-state index is 0.0248. The van der Waals surface area contributed by atoms with Crippen LogP contribution in [0.15, 0.2) is 22.9 Å². The van der Waals surface area contributed by atoms with Crippen LogP contribution in [0.5, 0.6) is 0 Å². The maximum absolute atomic E-state index is 11.3. The smallest absolute Gasteiger partial charge is 0.229 e. The first-order valence-corrected chi connectivity index (χ1v) is 7.63. The molecule has 3 rings (SSSR count). The Balaban J connectivity index is 1.84. The SMILES string of the molecule is CC(=O)c1ccc(N2CCCC2c2noc(C(C)C)n2)nc1. The molecule has 1 fully saturated rings. The van der Waals surface area contributed by atoms with Crippen LogP contribution in [-0.2, 0) is 0 Å². The summed E-state index contributed by atoms with van der Waals surface area (Å²) in [6.45, 7) is 6.52. The van der Waals surface area contributed by atoms with Gasteiger partial charge in [-0.3, -0.25) is 4.79 Å². The van der Waals surface area contributed by atoms with Crippen molar-refractivity contribution in [1.29, 1.82) is 0 Å². The van der Waals surface area contributed by atoms with E-state index in [9.17, 15) is 4.79 Å². The number of ketones is 1. The number of carbonyl (C=O) groups excluding carboxylic acids is 1. The number of carbonyl (C=O) groups is 1. The molecule has 0 spiro atoms. The molecule has 0 bridgehead atoms. The van der Waals surface area contributed by atoms with Gasteiger partial charge in [-0.1, -0.05) is 19.0 Å². The second-order valence-electron chi connectivity index (χ2n) is 5.96. The lowest BCUT2D eigenvalue weighted by atomic mass is 10.2. The van der Waals surface area contributed by atoms with Crippen LogP contribution < -0.4 is 4.90 Å². The van der Waals surface area contributed by atoms with Crippen LogP contribution in [0.25, 0.3) is 0 Å². The molecule has 2 aromatic rings. The zero-order valence-electron chi connectivity index (χ0n) is 13.1. The molecule has 0 aliphatic carbocycles. The second-order valence-corrected chi connectivity index (χ2v) is 5.96. The molecule has 22 heavy (non-hydrogen) atoms. The number of nitrogens with zero attached hydrogens (tertiary/aromatic N) is 4. The highest BCUT2D eigenvalue weighted by atomic mass is 16.5. The monoisotopic (exact) mass is 300 g/mol. The maximum atomic E-state index is 11.3. The summed E-state index contributed by atoms with van der Waals surface area (Å²) in [7, 11) is 0. The molecule has 1 unspecified atom stereocenters. The van der Waals surface area contributed by atoms with Gasteiger partial charge in [-0.25, -0.2) is 4.98 Å². The molecule has 0 amide bonds. The summed E-state index contributed by atoms with van der Waals surface area (Å²) in [4.78, 5) is 22.5. The average Bonchev–Trinajstić information content (AvgIpc) is 3.16. The largest absolute Gasteiger partial charge is 0.346 e. The van der Waals surface area contributed by atoms with Crippen molar-refractivity contribution < 1.29 is 9.32 Å². The maximum Gasteiger partial charge on any atom is 0.229 e. The van der Waals surface area contributed by atoms with Crippen LogP contribution in [0, 0.1) is 0 Å². The lowest BCUT2D eigenvalue weighted by molar-refractivity contribution is 0.101. The molecule has 3 heterocycles. The Morgan fingerprint density at radius 2 is 2.23 bits per heavy atom. The van der Waals surface area contributed by atoms with Gasteiger partial charge in [0, 0.05) is 24.2 Å². The van der Waals surface area contributed by atoms with E-state index >= 15 is 0 Å². The van der Waals surface area contributed by atoms with Crippen LogP contribution in [0.4, 0.5) is 5.82 Å². The highest BCUT2D eigenvalue weighted by molar-refractivity contribution is 5.93. The van der Waals surface area contributed by atoms with Crippen molar-refractivity contribution in [1.82, 2.24) is 15.1 Å². The Hall–Kier alpha value is -2.24. The van der Waals surface area contributed by atoms with E-state index in [1.165, 1.54) is 0 Å². The summed E-state index contributed by atoms with van der Waals surface area (Å²) in [5.41, 5.74) is 0.626. The first-order valence-electron chi connectivity index (χ1n) is 7.63. The molecule has 0 saturated carbocycles. The third-order valence-corrected chi connectivity index (χ3v) is 3.95. The number of anilines is 1. The van der Waals surface area contributed by atoms with Crippen LogP contribution >= 0.6 is 0 Å². The van der Waals surface area contributed by atoms with E-state index < -0.39 is 0 Å². The fourth-order valence-electron chi connectivity index (χ4n) is 2.69. The van der Waals surface area contributed by atoms with Crippen molar-refractivity contribution in [3.8, 4) is 0 Å². The molecule has 1 atom stereocenters. The second kappa shape index (κ2) is 5.87. The van der Waals surface area contributed by atoms with Crippen molar-refractivity contribution in [3.05, 3.63) is 35.6 Å². The minimum Gasteiger partial charge on any atom is -0.346 e. The van der Waals surface area contributed by atoms with E-state index in [0.717, 1.165) is 31.0 Å². The molecule has 1 saturated heterocycles. The summed E-state index contributed by atoms with van der Waals surface area (Å²) < 4.78 is 5.32. The fraction of sp³-hybridized carbons (Fsp3) is 0.500. The van der Waals surface area contributed by atoms with Gasteiger partial charge in [0.1, 0.15) is 5.82 Å². The number of aromatic nitrogens is 3. The van der Waals surface area contributed by atoms with E-state index in [1.54, 1.807) is 13.1 Å². The number of hydrogen-bond donors (Lipinski definition) is 0. The first kappa shape index (κ1) is 14.7. The number of rotatable bonds is 4. The lowest BCUT2D eigenvalue weighted by Gasteiger charge is -2.23. The van der Waals surface area contributed by atoms with E-state index in [0.29, 0.717) is 11.5 Å². The molecule has 6 nitrogen and oxygen atoms in total. The summed E-state index contributed by atoms with van der Waals surface area (Å²) >= 11 is 0. The third kappa shape index (κ3) is 2.73. The summed E-state index contributed by atoms with van der Waals surface area (Å²) in [5, 5.41) is 4.13. The Morgan fingerprint density at radius 3 is 2.82 bits per heavy atom. The topological polar surface area (TPSA) is 72.1 Å². The van der Waals surface area contributed by atoms with Gasteiger partial charge < -0.3 is 9.42 Å². The van der Waals surface area contributed by atoms with E-state index in [4.69, 9.17) is 4.52 Å². The average molecular weight is 300 g/mol. The predicted molar refractivity (Wildman–Crippen MR) is 81.9 cm³/mol. The standard InChI is InChI=1S/C16H20N4O2/c1-10(2)16-18-15(19-22-16)13-5-4-8-20(13)14-7-6-12(9-17-14)11(3)21/h6-7,9-10,13H,4-5,8H2,1-3H3. The molecular weight excluding hydrogens is 280 g/mol. The van der Waals surface area contributed by atoms with Crippen molar-refractivity contribution in [2.45, 2.75) is 45.6 Å². The molecule has 6 heteroatoms. The molecule has 0 radical (unpaired) electrons. The summed E-state index contributed by atoms with van der Waals surface area (Å²) in [6, 6.07) is 3.79. The van der Waals surface area contributed by atoms with Crippen molar-refractivity contribution in [2.75, 3.05) is 11.4 Å². The molecule has 0 N–H and O–H groups in total. The zero-order valence-corrected chi connectivity index (χ0v) is 13.1. The van der Waals surface area contributed by atoms with E-state index in [2.05, 4.69) is 20.0 Å². The summed E-state index contributed by atoms with van der Waals surface area (Å²) in [5.74, 6) is 2.49. The van der Waals surface area contributed by atoms with Crippen molar-refractivity contribution >= 4 is 11.6 Å². The van der Waals surface area contributed by atoms with Crippen molar-refractivity contribution in [2.24, 2.45) is 0 Å². The minimum absolute atomic E-state index is 0.0248. The summed E-state index contributed by atoms with van der Waals surface area (Å²) in [6.07, 6.45) is 3.67. The molecule has 1 aliphatic rings. The van der Waals surface area contributed by atoms with Gasteiger partial charge in [0.05, 0.1) is 6.04 Å². The molecule has 2 aromatic heterocycles. The van der Waals surface area contributed by atoms with Crippen LogP contribution in [0.2, 0.25) is 0 Å². The number of pyridine rings is 1. The number of Topliss-reactive ketones (excluding diaryl/α,β-unsaturated/α-hetero) is 1.